The summed E-state index contributed by atoms with van der Waals surface area (Å²) in [5.41, 5.74) is 0.612. The molecule has 1 amide bonds. The van der Waals surface area contributed by atoms with Crippen molar-refractivity contribution in [3.05, 3.63) is 18.2 Å². The minimum atomic E-state index is -0.849. The fraction of sp³-hybridized carbons (Fsp3) is 0.500. The van der Waals surface area contributed by atoms with E-state index in [9.17, 15) is 14.7 Å². The van der Waals surface area contributed by atoms with Crippen LogP contribution < -0.4 is 14.8 Å². The Balaban J connectivity index is 1.53. The number of ether oxygens (including phenoxy) is 2. The molecule has 6 nitrogen and oxygen atoms in total. The third-order valence-corrected chi connectivity index (χ3v) is 5.14. The van der Waals surface area contributed by atoms with Crippen molar-refractivity contribution in [1.82, 2.24) is 0 Å². The highest BCUT2D eigenvalue weighted by atomic mass is 16.7. The number of carbonyl (C=O) groups excluding carboxylic acids is 1. The predicted octanol–water partition coefficient (Wildman–Crippen LogP) is 2.10. The van der Waals surface area contributed by atoms with E-state index >= 15 is 0 Å². The first-order valence-electron chi connectivity index (χ1n) is 7.57. The van der Waals surface area contributed by atoms with Crippen LogP contribution in [0.3, 0.4) is 0 Å². The molecule has 4 atom stereocenters. The van der Waals surface area contributed by atoms with E-state index in [1.54, 1.807) is 18.2 Å². The minimum Gasteiger partial charge on any atom is -0.481 e. The summed E-state index contributed by atoms with van der Waals surface area (Å²) in [4.78, 5) is 24.1. The Morgan fingerprint density at radius 3 is 2.59 bits per heavy atom. The summed E-state index contributed by atoms with van der Waals surface area (Å²) in [6.07, 6.45) is 2.74. The number of nitrogens with one attached hydrogen (secondary N) is 1. The van der Waals surface area contributed by atoms with Crippen molar-refractivity contribution in [3.8, 4) is 11.5 Å². The summed E-state index contributed by atoms with van der Waals surface area (Å²) >= 11 is 0. The topological polar surface area (TPSA) is 84.9 Å². The molecule has 3 aliphatic rings. The molecule has 1 heterocycles. The van der Waals surface area contributed by atoms with Crippen molar-refractivity contribution in [2.45, 2.75) is 19.3 Å². The molecule has 2 fully saturated rings. The van der Waals surface area contributed by atoms with Gasteiger partial charge in [0.1, 0.15) is 0 Å². The molecule has 22 heavy (non-hydrogen) atoms. The van der Waals surface area contributed by atoms with Gasteiger partial charge in [-0.15, -0.1) is 0 Å². The molecule has 2 aliphatic carbocycles. The number of carbonyl (C=O) groups is 2. The smallest absolute Gasteiger partial charge is 0.307 e. The van der Waals surface area contributed by atoms with Gasteiger partial charge in [0.05, 0.1) is 11.8 Å². The summed E-state index contributed by atoms with van der Waals surface area (Å²) in [7, 11) is 0. The van der Waals surface area contributed by atoms with Gasteiger partial charge in [0.25, 0.3) is 0 Å². The quantitative estimate of drug-likeness (QED) is 0.893. The van der Waals surface area contributed by atoms with E-state index in [1.165, 1.54) is 0 Å². The Bertz CT molecular complexity index is 643. The molecule has 2 saturated carbocycles. The average molecular weight is 303 g/mol. The molecule has 1 aliphatic heterocycles. The third-order valence-electron chi connectivity index (χ3n) is 5.14. The van der Waals surface area contributed by atoms with Crippen molar-refractivity contribution in [2.24, 2.45) is 23.7 Å². The molecule has 2 bridgehead atoms. The number of rotatable bonds is 3. The highest BCUT2D eigenvalue weighted by Gasteiger charge is 2.53. The van der Waals surface area contributed by atoms with Crippen LogP contribution in [0.5, 0.6) is 11.5 Å². The highest BCUT2D eigenvalue weighted by molar-refractivity contribution is 5.96. The molecular weight excluding hydrogens is 286 g/mol. The van der Waals surface area contributed by atoms with Crippen LogP contribution in [-0.4, -0.2) is 23.8 Å². The molecule has 0 unspecified atom stereocenters. The van der Waals surface area contributed by atoms with Crippen molar-refractivity contribution in [2.75, 3.05) is 12.1 Å². The second-order valence-electron chi connectivity index (χ2n) is 6.28. The number of hydrogen-bond donors (Lipinski definition) is 2. The van der Waals surface area contributed by atoms with Gasteiger partial charge in [-0.3, -0.25) is 9.59 Å². The largest absolute Gasteiger partial charge is 0.481 e. The fourth-order valence-corrected chi connectivity index (χ4v) is 4.22. The summed E-state index contributed by atoms with van der Waals surface area (Å²) in [6, 6.07) is 5.20. The lowest BCUT2D eigenvalue weighted by Crippen LogP contribution is -2.37. The zero-order valence-corrected chi connectivity index (χ0v) is 12.0. The molecular formula is C16H17NO5. The Morgan fingerprint density at radius 1 is 1.09 bits per heavy atom. The molecule has 2 N–H and O–H groups in total. The van der Waals surface area contributed by atoms with Crippen LogP contribution in [0.25, 0.3) is 0 Å². The fourth-order valence-electron chi connectivity index (χ4n) is 4.22. The summed E-state index contributed by atoms with van der Waals surface area (Å²) < 4.78 is 10.5. The van der Waals surface area contributed by atoms with Crippen molar-refractivity contribution in [1.29, 1.82) is 0 Å². The maximum atomic E-state index is 12.6. The van der Waals surface area contributed by atoms with E-state index in [4.69, 9.17) is 9.47 Å². The van der Waals surface area contributed by atoms with E-state index < -0.39 is 17.8 Å². The van der Waals surface area contributed by atoms with Gasteiger partial charge >= 0.3 is 5.97 Å². The van der Waals surface area contributed by atoms with Crippen molar-refractivity contribution >= 4 is 17.6 Å². The Labute approximate surface area is 127 Å². The first-order valence-corrected chi connectivity index (χ1v) is 7.57. The number of fused-ring (bicyclic) bond motifs is 3. The van der Waals surface area contributed by atoms with Gasteiger partial charge in [0, 0.05) is 11.8 Å². The Morgan fingerprint density at radius 2 is 1.82 bits per heavy atom. The lowest BCUT2D eigenvalue weighted by Gasteiger charge is -2.27. The molecule has 0 radical (unpaired) electrons. The van der Waals surface area contributed by atoms with Crippen molar-refractivity contribution in [3.63, 3.8) is 0 Å². The van der Waals surface area contributed by atoms with E-state index in [0.29, 0.717) is 17.2 Å². The highest BCUT2D eigenvalue weighted by Crippen LogP contribution is 2.52. The molecule has 4 rings (SSSR count). The summed E-state index contributed by atoms with van der Waals surface area (Å²) in [5.74, 6) is -0.428. The monoisotopic (exact) mass is 303 g/mol. The second kappa shape index (κ2) is 4.90. The van der Waals surface area contributed by atoms with E-state index in [-0.39, 0.29) is 24.5 Å². The average Bonchev–Trinajstić information content (AvgIpc) is 3.20. The maximum absolute atomic E-state index is 12.6. The van der Waals surface area contributed by atoms with Gasteiger partial charge in [0.2, 0.25) is 12.7 Å². The van der Waals surface area contributed by atoms with Crippen LogP contribution in [0.1, 0.15) is 19.3 Å². The molecule has 116 valence electrons. The lowest BCUT2D eigenvalue weighted by molar-refractivity contribution is -0.148. The first kappa shape index (κ1) is 13.4. The Kier molecular flexibility index (Phi) is 2.99. The molecule has 1 aromatic rings. The molecule has 6 heteroatoms. The van der Waals surface area contributed by atoms with Crippen LogP contribution >= 0.6 is 0 Å². The van der Waals surface area contributed by atoms with Gasteiger partial charge in [-0.05, 0) is 43.2 Å². The summed E-state index contributed by atoms with van der Waals surface area (Å²) in [5, 5.41) is 12.3. The maximum Gasteiger partial charge on any atom is 0.307 e. The standard InChI is InChI=1S/C16H17NO5/c18-15(13-8-1-2-9(5-8)14(13)16(19)20)17-10-3-4-11-12(6-10)22-7-21-11/h3-4,6,8-9,13-14H,1-2,5,7H2,(H,17,18)(H,19,20)/t8-,9-,13-,14+/m0/s1. The number of aliphatic carboxylic acids is 1. The summed E-state index contributed by atoms with van der Waals surface area (Å²) in [6.45, 7) is 0.181. The van der Waals surface area contributed by atoms with Gasteiger partial charge in [0.15, 0.2) is 11.5 Å². The van der Waals surface area contributed by atoms with E-state index in [0.717, 1.165) is 19.3 Å². The lowest BCUT2D eigenvalue weighted by atomic mass is 9.78. The van der Waals surface area contributed by atoms with Gasteiger partial charge in [-0.2, -0.15) is 0 Å². The van der Waals surface area contributed by atoms with Crippen LogP contribution in [0.4, 0.5) is 5.69 Å². The molecule has 0 saturated heterocycles. The van der Waals surface area contributed by atoms with Crippen LogP contribution in [0.15, 0.2) is 18.2 Å². The van der Waals surface area contributed by atoms with E-state index in [2.05, 4.69) is 5.32 Å². The number of carboxylic acids is 1. The third kappa shape index (κ3) is 2.01. The zero-order valence-electron chi connectivity index (χ0n) is 12.0. The SMILES string of the molecule is O=C(O)[C@@H]1[C@H]2CC[C@@H](C2)[C@@H]1C(=O)Nc1ccc2c(c1)OCO2. The normalized spacial score (nSPS) is 31.3. The number of hydrogen-bond acceptors (Lipinski definition) is 4. The second-order valence-corrected chi connectivity index (χ2v) is 6.28. The first-order chi connectivity index (χ1) is 10.6. The van der Waals surface area contributed by atoms with Crippen LogP contribution in [-0.2, 0) is 9.59 Å². The number of anilines is 1. The predicted molar refractivity (Wildman–Crippen MR) is 76.6 cm³/mol. The van der Waals surface area contributed by atoms with Gasteiger partial charge < -0.3 is 19.9 Å². The molecule has 0 aromatic heterocycles. The zero-order chi connectivity index (χ0) is 15.3. The number of carboxylic acid groups (broad SMARTS) is 1. The number of amides is 1. The van der Waals surface area contributed by atoms with Crippen molar-refractivity contribution < 1.29 is 24.2 Å². The molecule has 0 spiro atoms. The van der Waals surface area contributed by atoms with E-state index in [1.807, 2.05) is 0 Å². The van der Waals surface area contributed by atoms with Gasteiger partial charge in [-0.25, -0.2) is 0 Å². The van der Waals surface area contributed by atoms with Crippen LogP contribution in [0.2, 0.25) is 0 Å². The van der Waals surface area contributed by atoms with Gasteiger partial charge in [-0.1, -0.05) is 0 Å². The number of benzene rings is 1. The molecule has 1 aromatic carbocycles. The van der Waals surface area contributed by atoms with Crippen LogP contribution in [0, 0.1) is 23.7 Å². The Hall–Kier alpha value is -2.24. The minimum absolute atomic E-state index is 0.148.